The van der Waals surface area contributed by atoms with Gasteiger partial charge in [0.05, 0.1) is 28.9 Å². The third kappa shape index (κ3) is 4.31. The van der Waals surface area contributed by atoms with E-state index in [-0.39, 0.29) is 11.6 Å². The summed E-state index contributed by atoms with van der Waals surface area (Å²) in [6.45, 7) is 0.982. The van der Waals surface area contributed by atoms with Crippen LogP contribution in [0.3, 0.4) is 0 Å². The Kier molecular flexibility index (Phi) is 6.42. The number of aldehydes is 1. The van der Waals surface area contributed by atoms with Gasteiger partial charge in [0.25, 0.3) is 5.91 Å². The molecular weight excluding hydrogens is 408 g/mol. The van der Waals surface area contributed by atoms with Gasteiger partial charge in [0.15, 0.2) is 6.29 Å². The molecule has 0 aromatic carbocycles. The molecule has 0 bridgehead atoms. The van der Waals surface area contributed by atoms with Crippen molar-refractivity contribution < 1.29 is 14.3 Å². The van der Waals surface area contributed by atoms with Crippen LogP contribution in [0, 0.1) is 11.3 Å². The highest BCUT2D eigenvalue weighted by molar-refractivity contribution is 6.12. The first kappa shape index (κ1) is 21.5. The van der Waals surface area contributed by atoms with Gasteiger partial charge in [-0.1, -0.05) is 12.8 Å². The fraction of sp³-hybridized carbons (Fsp3) is 0.348. The van der Waals surface area contributed by atoms with E-state index in [0.29, 0.717) is 53.6 Å². The van der Waals surface area contributed by atoms with Crippen molar-refractivity contribution >= 4 is 34.7 Å². The summed E-state index contributed by atoms with van der Waals surface area (Å²) in [5, 5.41) is 15.2. The maximum absolute atomic E-state index is 13.2. The standard InChI is InChI=1S/C23H24N6O3/c1-32-9-8-25-19-10-21(26-12-15(19)11-24)28-23(31)18-13-29(17-4-2-3-5-17)20-7-6-16(14-30)27-22(18)20/h6-7,10,12-14,17H,2-5,8-9H2,1H3,(H2,25,26,28,31). The highest BCUT2D eigenvalue weighted by Gasteiger charge is 2.24. The van der Waals surface area contributed by atoms with Crippen LogP contribution in [0.15, 0.2) is 30.6 Å². The molecule has 3 heterocycles. The summed E-state index contributed by atoms with van der Waals surface area (Å²) in [5.74, 6) is -0.0652. The summed E-state index contributed by atoms with van der Waals surface area (Å²) in [7, 11) is 1.59. The van der Waals surface area contributed by atoms with E-state index in [4.69, 9.17) is 4.74 Å². The number of carbonyl (C=O) groups excluding carboxylic acids is 2. The molecule has 9 nitrogen and oxygen atoms in total. The molecule has 2 N–H and O–H groups in total. The zero-order chi connectivity index (χ0) is 22.5. The van der Waals surface area contributed by atoms with Crippen LogP contribution < -0.4 is 10.6 Å². The van der Waals surface area contributed by atoms with E-state index in [0.717, 1.165) is 31.2 Å². The number of hydrogen-bond donors (Lipinski definition) is 2. The molecular formula is C23H24N6O3. The Morgan fingerprint density at radius 3 is 2.91 bits per heavy atom. The normalized spacial score (nSPS) is 13.8. The smallest absolute Gasteiger partial charge is 0.260 e. The van der Waals surface area contributed by atoms with Crippen LogP contribution in [0.1, 0.15) is 58.1 Å². The maximum Gasteiger partial charge on any atom is 0.260 e. The molecule has 1 aliphatic rings. The molecule has 0 unspecified atom stereocenters. The SMILES string of the molecule is COCCNc1cc(NC(=O)c2cn(C3CCCC3)c3ccc(C=O)nc23)ncc1C#N. The van der Waals surface area contributed by atoms with Crippen molar-refractivity contribution in [2.45, 2.75) is 31.7 Å². The Hall–Kier alpha value is -3.77. The summed E-state index contributed by atoms with van der Waals surface area (Å²) in [6, 6.07) is 7.53. The minimum Gasteiger partial charge on any atom is -0.383 e. The number of rotatable bonds is 8. The van der Waals surface area contributed by atoms with Gasteiger partial charge in [-0.05, 0) is 25.0 Å². The number of aromatic nitrogens is 3. The average molecular weight is 432 g/mol. The lowest BCUT2D eigenvalue weighted by atomic mass is 10.2. The van der Waals surface area contributed by atoms with Gasteiger partial charge in [-0.2, -0.15) is 5.26 Å². The molecule has 0 radical (unpaired) electrons. The van der Waals surface area contributed by atoms with Crippen molar-refractivity contribution in [3.63, 3.8) is 0 Å². The van der Waals surface area contributed by atoms with E-state index < -0.39 is 0 Å². The van der Waals surface area contributed by atoms with Gasteiger partial charge < -0.3 is 19.9 Å². The number of methoxy groups -OCH3 is 1. The lowest BCUT2D eigenvalue weighted by Gasteiger charge is -2.12. The zero-order valence-electron chi connectivity index (χ0n) is 17.8. The molecule has 164 valence electrons. The third-order valence-electron chi connectivity index (χ3n) is 5.67. The molecule has 0 aliphatic heterocycles. The number of anilines is 2. The van der Waals surface area contributed by atoms with Crippen LogP contribution in [0.25, 0.3) is 11.0 Å². The summed E-state index contributed by atoms with van der Waals surface area (Å²) in [4.78, 5) is 33.0. The molecule has 1 fully saturated rings. The summed E-state index contributed by atoms with van der Waals surface area (Å²) >= 11 is 0. The molecule has 1 amide bonds. The number of nitrogens with one attached hydrogen (secondary N) is 2. The number of pyridine rings is 2. The second kappa shape index (κ2) is 9.58. The van der Waals surface area contributed by atoms with E-state index in [1.165, 1.54) is 6.20 Å². The van der Waals surface area contributed by atoms with Crippen LogP contribution in [0.5, 0.6) is 0 Å². The van der Waals surface area contributed by atoms with Gasteiger partial charge in [-0.15, -0.1) is 0 Å². The number of carbonyl (C=O) groups is 2. The Morgan fingerprint density at radius 1 is 1.38 bits per heavy atom. The minimum absolute atomic E-state index is 0.275. The van der Waals surface area contributed by atoms with Crippen molar-refractivity contribution in [2.24, 2.45) is 0 Å². The van der Waals surface area contributed by atoms with E-state index in [1.54, 1.807) is 19.2 Å². The first-order chi connectivity index (χ1) is 15.6. The lowest BCUT2D eigenvalue weighted by Crippen LogP contribution is -2.14. The quantitative estimate of drug-likeness (QED) is 0.412. The van der Waals surface area contributed by atoms with E-state index >= 15 is 0 Å². The summed E-state index contributed by atoms with van der Waals surface area (Å²) in [6.07, 6.45) is 8.31. The molecule has 0 atom stereocenters. The third-order valence-corrected chi connectivity index (χ3v) is 5.67. The van der Waals surface area contributed by atoms with Crippen molar-refractivity contribution in [2.75, 3.05) is 30.9 Å². The number of fused-ring (bicyclic) bond motifs is 1. The highest BCUT2D eigenvalue weighted by Crippen LogP contribution is 2.34. The van der Waals surface area contributed by atoms with Gasteiger partial charge in [-0.25, -0.2) is 9.97 Å². The number of nitrogens with zero attached hydrogens (tertiary/aromatic N) is 4. The fourth-order valence-corrected chi connectivity index (χ4v) is 4.09. The average Bonchev–Trinajstić information content (AvgIpc) is 3.47. The predicted octanol–water partition coefficient (Wildman–Crippen LogP) is 3.54. The maximum atomic E-state index is 13.2. The summed E-state index contributed by atoms with van der Waals surface area (Å²) < 4.78 is 7.13. The van der Waals surface area contributed by atoms with E-state index in [2.05, 4.69) is 31.2 Å². The first-order valence-electron chi connectivity index (χ1n) is 10.6. The molecule has 0 spiro atoms. The molecule has 0 saturated heterocycles. The molecule has 1 saturated carbocycles. The Morgan fingerprint density at radius 2 is 2.19 bits per heavy atom. The van der Waals surface area contributed by atoms with Crippen LogP contribution in [0.4, 0.5) is 11.5 Å². The van der Waals surface area contributed by atoms with Crippen LogP contribution in [-0.4, -0.2) is 47.0 Å². The van der Waals surface area contributed by atoms with Crippen molar-refractivity contribution in [1.82, 2.24) is 14.5 Å². The molecule has 9 heteroatoms. The van der Waals surface area contributed by atoms with Crippen molar-refractivity contribution in [3.05, 3.63) is 47.4 Å². The molecule has 4 rings (SSSR count). The Bertz CT molecular complexity index is 1190. The Labute approximate surface area is 185 Å². The molecule has 3 aromatic heterocycles. The number of hydrogen-bond acceptors (Lipinski definition) is 7. The van der Waals surface area contributed by atoms with Crippen LogP contribution in [-0.2, 0) is 4.74 Å². The monoisotopic (exact) mass is 432 g/mol. The molecule has 1 aliphatic carbocycles. The second-order valence-electron chi connectivity index (χ2n) is 7.71. The van der Waals surface area contributed by atoms with Gasteiger partial charge >= 0.3 is 0 Å². The van der Waals surface area contributed by atoms with Crippen LogP contribution >= 0.6 is 0 Å². The van der Waals surface area contributed by atoms with E-state index in [1.807, 2.05) is 12.3 Å². The largest absolute Gasteiger partial charge is 0.383 e. The highest BCUT2D eigenvalue weighted by atomic mass is 16.5. The Balaban J connectivity index is 1.66. The van der Waals surface area contributed by atoms with E-state index in [9.17, 15) is 14.9 Å². The minimum atomic E-state index is -0.373. The topological polar surface area (TPSA) is 122 Å². The van der Waals surface area contributed by atoms with Gasteiger partial charge in [0.2, 0.25) is 0 Å². The van der Waals surface area contributed by atoms with Gasteiger partial charge in [0.1, 0.15) is 23.1 Å². The van der Waals surface area contributed by atoms with Gasteiger partial charge in [-0.3, -0.25) is 9.59 Å². The fourth-order valence-electron chi connectivity index (χ4n) is 4.09. The summed E-state index contributed by atoms with van der Waals surface area (Å²) in [5.41, 5.74) is 2.92. The van der Waals surface area contributed by atoms with Crippen molar-refractivity contribution in [3.8, 4) is 6.07 Å². The first-order valence-corrected chi connectivity index (χ1v) is 10.6. The molecule has 32 heavy (non-hydrogen) atoms. The second-order valence-corrected chi connectivity index (χ2v) is 7.71. The number of ether oxygens (including phenoxy) is 1. The van der Waals surface area contributed by atoms with Gasteiger partial charge in [0, 0.05) is 38.2 Å². The molecule has 3 aromatic rings. The number of amides is 1. The number of nitriles is 1. The van der Waals surface area contributed by atoms with Crippen molar-refractivity contribution in [1.29, 1.82) is 5.26 Å². The van der Waals surface area contributed by atoms with Crippen LogP contribution in [0.2, 0.25) is 0 Å². The zero-order valence-corrected chi connectivity index (χ0v) is 17.8. The lowest BCUT2D eigenvalue weighted by molar-refractivity contribution is 0.102. The predicted molar refractivity (Wildman–Crippen MR) is 120 cm³/mol.